The highest BCUT2D eigenvalue weighted by Crippen LogP contribution is 2.31. The van der Waals surface area contributed by atoms with Crippen LogP contribution in [-0.4, -0.2) is 18.1 Å². The van der Waals surface area contributed by atoms with Gasteiger partial charge in [0.2, 0.25) is 0 Å². The lowest BCUT2D eigenvalue weighted by Crippen LogP contribution is -1.85. The van der Waals surface area contributed by atoms with Gasteiger partial charge in [-0.3, -0.25) is 0 Å². The summed E-state index contributed by atoms with van der Waals surface area (Å²) in [6, 6.07) is 0. The molecule has 0 spiro atoms. The van der Waals surface area contributed by atoms with Crippen LogP contribution in [0.3, 0.4) is 0 Å². The molecule has 0 saturated carbocycles. The molecule has 0 aromatic rings. The van der Waals surface area contributed by atoms with Crippen LogP contribution in [0.4, 0.5) is 0 Å². The molecule has 48 valence electrons. The molecule has 1 aliphatic rings. The smallest absolute Gasteiger partial charge is 0.0256 e. The molecule has 2 atom stereocenters. The fourth-order valence-corrected chi connectivity index (χ4v) is 3.83. The van der Waals surface area contributed by atoms with Crippen molar-refractivity contribution in [3.05, 3.63) is 0 Å². The Kier molecular flexibility index (Phi) is 2.19. The van der Waals surface area contributed by atoms with Crippen molar-refractivity contribution >= 4 is 13.3 Å². The van der Waals surface area contributed by atoms with Gasteiger partial charge in [0.25, 0.3) is 0 Å². The molecule has 1 rings (SSSR count). The minimum absolute atomic E-state index is 0.0748. The number of rotatable bonds is 1. The second-order valence-electron chi connectivity index (χ2n) is 2.69. The van der Waals surface area contributed by atoms with Crippen LogP contribution in [0.15, 0.2) is 0 Å². The van der Waals surface area contributed by atoms with Gasteiger partial charge in [0.1, 0.15) is 0 Å². The number of hydrogen-bond donors (Lipinski definition) is 0. The van der Waals surface area contributed by atoms with E-state index in [0.29, 0.717) is 0 Å². The standard InChI is InChI=1S/C7H15P/c1-3-8-5-4-7(2)6-8/h6-8H,3-5H2,1-2H3. The maximum absolute atomic E-state index is 2.60. The van der Waals surface area contributed by atoms with Crippen molar-refractivity contribution in [1.29, 1.82) is 0 Å². The molecule has 0 fully saturated rings. The summed E-state index contributed by atoms with van der Waals surface area (Å²) in [7, 11) is 0.0748. The Bertz CT molecular complexity index is 105. The Labute approximate surface area is 52.7 Å². The van der Waals surface area contributed by atoms with Crippen molar-refractivity contribution in [1.82, 2.24) is 0 Å². The first-order chi connectivity index (χ1) is 3.83. The largest absolute Gasteiger partial charge is 0.122 e. The average Bonchev–Trinajstić information content (AvgIpc) is 2.14. The van der Waals surface area contributed by atoms with Crippen LogP contribution < -0.4 is 0 Å². The minimum atomic E-state index is 0.0748. The second-order valence-corrected chi connectivity index (χ2v) is 5.55. The fraction of sp³-hybridized carbons (Fsp3) is 0.857. The Morgan fingerprint density at radius 3 is 2.75 bits per heavy atom. The molecule has 1 aliphatic heterocycles. The van der Waals surface area contributed by atoms with E-state index in [9.17, 15) is 0 Å². The lowest BCUT2D eigenvalue weighted by molar-refractivity contribution is 0.781. The Balaban J connectivity index is 2.44. The zero-order valence-electron chi connectivity index (χ0n) is 5.78. The van der Waals surface area contributed by atoms with Crippen molar-refractivity contribution < 1.29 is 0 Å². The first-order valence-corrected chi connectivity index (χ1v) is 5.51. The normalized spacial score (nSPS) is 37.2. The molecule has 1 heterocycles. The number of hydrogen-bond acceptors (Lipinski definition) is 0. The first-order valence-electron chi connectivity index (χ1n) is 3.52. The van der Waals surface area contributed by atoms with Crippen molar-refractivity contribution in [2.75, 3.05) is 12.3 Å². The molecule has 0 amide bonds. The van der Waals surface area contributed by atoms with Gasteiger partial charge >= 0.3 is 0 Å². The second kappa shape index (κ2) is 2.73. The van der Waals surface area contributed by atoms with Crippen LogP contribution in [-0.2, 0) is 0 Å². The van der Waals surface area contributed by atoms with Crippen molar-refractivity contribution in [3.8, 4) is 0 Å². The van der Waals surface area contributed by atoms with Gasteiger partial charge < -0.3 is 0 Å². The fourth-order valence-electron chi connectivity index (χ4n) is 1.28. The van der Waals surface area contributed by atoms with Gasteiger partial charge in [-0.05, 0) is 24.7 Å². The SMILES string of the molecule is CC[PH]1=CC(C)CC1. The van der Waals surface area contributed by atoms with Gasteiger partial charge in [-0.1, -0.05) is 19.6 Å². The van der Waals surface area contributed by atoms with Crippen LogP contribution in [0.25, 0.3) is 0 Å². The van der Waals surface area contributed by atoms with Gasteiger partial charge in [-0.25, -0.2) is 0 Å². The van der Waals surface area contributed by atoms with Gasteiger partial charge in [0.05, 0.1) is 0 Å². The van der Waals surface area contributed by atoms with E-state index in [-0.39, 0.29) is 7.55 Å². The van der Waals surface area contributed by atoms with E-state index in [1.54, 1.807) is 6.16 Å². The van der Waals surface area contributed by atoms with Crippen molar-refractivity contribution in [3.63, 3.8) is 0 Å². The molecule has 0 saturated heterocycles. The van der Waals surface area contributed by atoms with Gasteiger partial charge in [0.15, 0.2) is 0 Å². The lowest BCUT2D eigenvalue weighted by Gasteiger charge is -1.91. The quantitative estimate of drug-likeness (QED) is 0.476. The molecule has 0 nitrogen and oxygen atoms in total. The van der Waals surface area contributed by atoms with E-state index < -0.39 is 0 Å². The lowest BCUT2D eigenvalue weighted by atomic mass is 10.2. The first kappa shape index (κ1) is 6.42. The molecule has 8 heavy (non-hydrogen) atoms. The average molecular weight is 130 g/mol. The molecule has 0 aromatic carbocycles. The van der Waals surface area contributed by atoms with Crippen molar-refractivity contribution in [2.24, 2.45) is 5.92 Å². The highest BCUT2D eigenvalue weighted by molar-refractivity contribution is 7.57. The molecule has 0 aromatic heterocycles. The van der Waals surface area contributed by atoms with E-state index in [2.05, 4.69) is 19.6 Å². The summed E-state index contributed by atoms with van der Waals surface area (Å²) < 4.78 is 0. The van der Waals surface area contributed by atoms with Crippen LogP contribution in [0, 0.1) is 5.92 Å². The monoisotopic (exact) mass is 130 g/mol. The molecule has 0 radical (unpaired) electrons. The van der Waals surface area contributed by atoms with Crippen LogP contribution in [0.1, 0.15) is 20.3 Å². The summed E-state index contributed by atoms with van der Waals surface area (Å²) in [4.78, 5) is 0. The van der Waals surface area contributed by atoms with E-state index >= 15 is 0 Å². The summed E-state index contributed by atoms with van der Waals surface area (Å²) >= 11 is 0. The third-order valence-electron chi connectivity index (χ3n) is 1.90. The highest BCUT2D eigenvalue weighted by Gasteiger charge is 2.07. The van der Waals surface area contributed by atoms with Gasteiger partial charge in [0, 0.05) is 0 Å². The van der Waals surface area contributed by atoms with E-state index in [4.69, 9.17) is 0 Å². The zero-order chi connectivity index (χ0) is 5.98. The third kappa shape index (κ3) is 1.39. The maximum atomic E-state index is 2.60. The summed E-state index contributed by atoms with van der Waals surface area (Å²) in [5, 5.41) is 0. The summed E-state index contributed by atoms with van der Waals surface area (Å²) in [6.45, 7) is 4.66. The molecule has 1 heteroatoms. The van der Waals surface area contributed by atoms with E-state index in [1.165, 1.54) is 12.6 Å². The van der Waals surface area contributed by atoms with E-state index in [1.807, 2.05) is 0 Å². The predicted molar refractivity (Wildman–Crippen MR) is 43.6 cm³/mol. The Hall–Kier alpha value is 0.300. The molecule has 0 N–H and O–H groups in total. The topological polar surface area (TPSA) is 0 Å². The summed E-state index contributed by atoms with van der Waals surface area (Å²) in [5.74, 6) is 3.55. The third-order valence-corrected chi connectivity index (χ3v) is 4.77. The van der Waals surface area contributed by atoms with Crippen LogP contribution in [0.2, 0.25) is 0 Å². The molecule has 0 bridgehead atoms. The molecular weight excluding hydrogens is 115 g/mol. The van der Waals surface area contributed by atoms with E-state index in [0.717, 1.165) is 5.92 Å². The predicted octanol–water partition coefficient (Wildman–Crippen LogP) is 2.06. The van der Waals surface area contributed by atoms with Gasteiger partial charge in [-0.15, -0.1) is 7.55 Å². The van der Waals surface area contributed by atoms with Crippen LogP contribution >= 0.6 is 7.55 Å². The zero-order valence-corrected chi connectivity index (χ0v) is 6.78. The summed E-state index contributed by atoms with van der Waals surface area (Å²) in [5.41, 5.74) is 0. The van der Waals surface area contributed by atoms with Gasteiger partial charge in [-0.2, -0.15) is 0 Å². The minimum Gasteiger partial charge on any atom is -0.122 e. The van der Waals surface area contributed by atoms with Crippen molar-refractivity contribution in [2.45, 2.75) is 20.3 Å². The Morgan fingerprint density at radius 2 is 2.50 bits per heavy atom. The summed E-state index contributed by atoms with van der Waals surface area (Å²) in [6.07, 6.45) is 4.47. The highest BCUT2D eigenvalue weighted by atomic mass is 31.1. The van der Waals surface area contributed by atoms with Crippen LogP contribution in [0.5, 0.6) is 0 Å². The Morgan fingerprint density at radius 1 is 1.75 bits per heavy atom. The maximum Gasteiger partial charge on any atom is -0.0256 e. The molecular formula is C7H15P. The molecule has 0 aliphatic carbocycles. The molecule has 2 unspecified atom stereocenters.